The molecule has 1 saturated heterocycles. The van der Waals surface area contributed by atoms with Crippen LogP contribution in [0.3, 0.4) is 0 Å². The Hall–Kier alpha value is -3.40. The molecule has 3 amide bonds. The van der Waals surface area contributed by atoms with E-state index in [-0.39, 0.29) is 30.1 Å². The second-order valence-corrected chi connectivity index (χ2v) is 11.1. The summed E-state index contributed by atoms with van der Waals surface area (Å²) in [6, 6.07) is 11.9. The summed E-state index contributed by atoms with van der Waals surface area (Å²) in [6.45, 7) is 7.62. The molecule has 9 nitrogen and oxygen atoms in total. The smallest absolute Gasteiger partial charge is 0.410 e. The van der Waals surface area contributed by atoms with Gasteiger partial charge in [-0.3, -0.25) is 19.9 Å². The lowest BCUT2D eigenvalue weighted by atomic mass is 9.85. The summed E-state index contributed by atoms with van der Waals surface area (Å²) in [4.78, 5) is 41.9. The van der Waals surface area contributed by atoms with Gasteiger partial charge in [-0.1, -0.05) is 30.3 Å². The zero-order chi connectivity index (χ0) is 26.5. The number of piperidine rings is 1. The van der Waals surface area contributed by atoms with E-state index in [9.17, 15) is 14.4 Å². The van der Waals surface area contributed by atoms with Gasteiger partial charge in [0, 0.05) is 11.4 Å². The van der Waals surface area contributed by atoms with E-state index in [4.69, 9.17) is 15.9 Å². The lowest BCUT2D eigenvalue weighted by molar-refractivity contribution is -0.132. The molecule has 0 spiro atoms. The van der Waals surface area contributed by atoms with E-state index in [1.165, 1.54) is 16.2 Å². The van der Waals surface area contributed by atoms with Crippen LogP contribution in [0.25, 0.3) is 0 Å². The van der Waals surface area contributed by atoms with Crippen LogP contribution in [0, 0.1) is 5.41 Å². The first-order valence-electron chi connectivity index (χ1n) is 12.0. The molecule has 0 aliphatic carbocycles. The number of amidine groups is 1. The molecule has 5 N–H and O–H groups in total. The van der Waals surface area contributed by atoms with Crippen molar-refractivity contribution in [2.75, 3.05) is 6.54 Å². The van der Waals surface area contributed by atoms with Crippen LogP contribution >= 0.6 is 11.3 Å². The normalized spacial score (nSPS) is 18.7. The number of amides is 3. The maximum absolute atomic E-state index is 13.3. The molecule has 1 aliphatic rings. The number of carbonyl (C=O) groups is 3. The lowest BCUT2D eigenvalue weighted by Gasteiger charge is -2.39. The first kappa shape index (κ1) is 27.2. The molecule has 3 rings (SSSR count). The summed E-state index contributed by atoms with van der Waals surface area (Å²) in [5, 5.41) is 13.1. The topological polar surface area (TPSA) is 138 Å². The predicted molar refractivity (Wildman–Crippen MR) is 140 cm³/mol. The van der Waals surface area contributed by atoms with Crippen molar-refractivity contribution in [2.24, 2.45) is 5.73 Å². The number of nitrogens with one attached hydrogen (secondary N) is 3. The number of thiophene rings is 1. The van der Waals surface area contributed by atoms with E-state index < -0.39 is 23.8 Å². The quantitative estimate of drug-likeness (QED) is 0.332. The third kappa shape index (κ3) is 7.30. The second kappa shape index (κ2) is 11.6. The molecule has 194 valence electrons. The Kier molecular flexibility index (Phi) is 8.73. The number of benzene rings is 1. The van der Waals surface area contributed by atoms with Crippen LogP contribution in [0.2, 0.25) is 0 Å². The van der Waals surface area contributed by atoms with Crippen molar-refractivity contribution in [1.82, 2.24) is 15.5 Å². The zero-order valence-electron chi connectivity index (χ0n) is 21.2. The van der Waals surface area contributed by atoms with Crippen LogP contribution in [-0.4, -0.2) is 52.9 Å². The minimum atomic E-state index is -0.803. The molecule has 0 radical (unpaired) electrons. The maximum Gasteiger partial charge on any atom is 0.410 e. The highest BCUT2D eigenvalue weighted by atomic mass is 32.1. The van der Waals surface area contributed by atoms with Crippen LogP contribution in [0.1, 0.15) is 61.8 Å². The van der Waals surface area contributed by atoms with Crippen molar-refractivity contribution >= 4 is 35.1 Å². The summed E-state index contributed by atoms with van der Waals surface area (Å²) in [7, 11) is 0. The Bertz CT molecular complexity index is 1100. The number of nitrogens with zero attached hydrogens (tertiary/aromatic N) is 1. The summed E-state index contributed by atoms with van der Waals surface area (Å²) in [5.41, 5.74) is 5.92. The Labute approximate surface area is 215 Å². The summed E-state index contributed by atoms with van der Waals surface area (Å²) in [6.07, 6.45) is 0.615. The van der Waals surface area contributed by atoms with Crippen molar-refractivity contribution in [3.63, 3.8) is 0 Å². The Morgan fingerprint density at radius 3 is 2.50 bits per heavy atom. The molecule has 0 saturated carbocycles. The lowest BCUT2D eigenvalue weighted by Crippen LogP contribution is -2.57. The molecular weight excluding hydrogens is 478 g/mol. The minimum absolute atomic E-state index is 0.0194. The standard InChI is InChI=1S/C26H35N5O4S/c1-16(23(32)29-15-19-10-11-21(36-19)22(27)28)30-24(33)20-14-18(17-8-6-5-7-9-17)12-13-31(20)25(34)35-26(2,3)4/h5-11,16,18,20H,12-15H2,1-4H3,(H3,27,28)(H,29,32)(H,30,33)/t16?,18-,20+/m0/s1. The third-order valence-corrected chi connectivity index (χ3v) is 7.04. The molecular formula is C26H35N5O4S. The molecule has 1 unspecified atom stereocenters. The molecule has 10 heteroatoms. The van der Waals surface area contributed by atoms with Gasteiger partial charge in [0.05, 0.1) is 11.4 Å². The minimum Gasteiger partial charge on any atom is -0.444 e. The molecule has 2 heterocycles. The van der Waals surface area contributed by atoms with Crippen molar-refractivity contribution in [2.45, 2.75) is 70.7 Å². The van der Waals surface area contributed by atoms with E-state index in [1.807, 2.05) is 30.3 Å². The third-order valence-electron chi connectivity index (χ3n) is 5.92. The maximum atomic E-state index is 13.3. The molecule has 2 aromatic rings. The average molecular weight is 514 g/mol. The van der Waals surface area contributed by atoms with Crippen molar-refractivity contribution < 1.29 is 19.1 Å². The van der Waals surface area contributed by atoms with Crippen LogP contribution in [0.4, 0.5) is 4.79 Å². The summed E-state index contributed by atoms with van der Waals surface area (Å²) < 4.78 is 5.56. The van der Waals surface area contributed by atoms with Crippen molar-refractivity contribution in [3.8, 4) is 0 Å². The monoisotopic (exact) mass is 513 g/mol. The largest absolute Gasteiger partial charge is 0.444 e. The number of nitrogen functional groups attached to an aromatic ring is 1. The van der Waals surface area contributed by atoms with Crippen molar-refractivity contribution in [1.29, 1.82) is 5.41 Å². The van der Waals surface area contributed by atoms with Crippen LogP contribution in [-0.2, 0) is 20.9 Å². The van der Waals surface area contributed by atoms with Gasteiger partial charge in [0.1, 0.15) is 23.5 Å². The molecule has 36 heavy (non-hydrogen) atoms. The molecule has 1 aromatic carbocycles. The van der Waals surface area contributed by atoms with Gasteiger partial charge in [-0.15, -0.1) is 11.3 Å². The molecule has 1 aromatic heterocycles. The van der Waals surface area contributed by atoms with Gasteiger partial charge in [0.25, 0.3) is 0 Å². The summed E-state index contributed by atoms with van der Waals surface area (Å²) in [5.74, 6) is -0.646. The van der Waals surface area contributed by atoms with E-state index >= 15 is 0 Å². The van der Waals surface area contributed by atoms with Gasteiger partial charge in [-0.05, 0) is 64.2 Å². The van der Waals surface area contributed by atoms with Gasteiger partial charge < -0.3 is 21.1 Å². The van der Waals surface area contributed by atoms with Gasteiger partial charge in [-0.25, -0.2) is 4.79 Å². The number of likely N-dealkylation sites (tertiary alicyclic amines) is 1. The Morgan fingerprint density at radius 1 is 1.19 bits per heavy atom. The fourth-order valence-corrected chi connectivity index (χ4v) is 4.91. The van der Waals surface area contributed by atoms with Crippen LogP contribution < -0.4 is 16.4 Å². The van der Waals surface area contributed by atoms with Gasteiger partial charge in [0.2, 0.25) is 11.8 Å². The fraction of sp³-hybridized carbons (Fsp3) is 0.462. The fourth-order valence-electron chi connectivity index (χ4n) is 4.10. The van der Waals surface area contributed by atoms with Crippen molar-refractivity contribution in [3.05, 3.63) is 57.8 Å². The zero-order valence-corrected chi connectivity index (χ0v) is 22.0. The molecule has 1 aliphatic heterocycles. The molecule has 1 fully saturated rings. The first-order valence-corrected chi connectivity index (χ1v) is 12.8. The number of rotatable bonds is 7. The Balaban J connectivity index is 1.67. The first-order chi connectivity index (χ1) is 16.9. The highest BCUT2D eigenvalue weighted by Gasteiger charge is 2.39. The van der Waals surface area contributed by atoms with Crippen LogP contribution in [0.15, 0.2) is 42.5 Å². The average Bonchev–Trinajstić information content (AvgIpc) is 3.31. The number of hydrogen-bond donors (Lipinski definition) is 4. The van der Waals surface area contributed by atoms with Gasteiger partial charge in [-0.2, -0.15) is 0 Å². The molecule has 0 bridgehead atoms. The highest BCUT2D eigenvalue weighted by Crippen LogP contribution is 2.32. The number of carbonyl (C=O) groups excluding carboxylic acids is 3. The van der Waals surface area contributed by atoms with Gasteiger partial charge in [0.15, 0.2) is 0 Å². The van der Waals surface area contributed by atoms with E-state index in [2.05, 4.69) is 10.6 Å². The number of ether oxygens (including phenoxy) is 1. The predicted octanol–water partition coefficient (Wildman–Crippen LogP) is 3.34. The number of hydrogen-bond acceptors (Lipinski definition) is 6. The van der Waals surface area contributed by atoms with E-state index in [0.717, 1.165) is 10.4 Å². The highest BCUT2D eigenvalue weighted by molar-refractivity contribution is 7.14. The SMILES string of the molecule is CC(NC(=O)[C@H]1C[C@@H](c2ccccc2)CCN1C(=O)OC(C)(C)C)C(=O)NCc1ccc(C(=N)N)s1. The van der Waals surface area contributed by atoms with Gasteiger partial charge >= 0.3 is 6.09 Å². The molecule has 3 atom stereocenters. The number of nitrogens with two attached hydrogens (primary N) is 1. The second-order valence-electron chi connectivity index (χ2n) is 9.95. The summed E-state index contributed by atoms with van der Waals surface area (Å²) >= 11 is 1.33. The Morgan fingerprint density at radius 2 is 1.89 bits per heavy atom. The van der Waals surface area contributed by atoms with E-state index in [1.54, 1.807) is 39.8 Å². The van der Waals surface area contributed by atoms with Crippen LogP contribution in [0.5, 0.6) is 0 Å². The van der Waals surface area contributed by atoms with E-state index in [0.29, 0.717) is 24.3 Å².